The van der Waals surface area contributed by atoms with Crippen molar-refractivity contribution in [2.45, 2.75) is 38.8 Å². The lowest BCUT2D eigenvalue weighted by atomic mass is 10.0. The van der Waals surface area contributed by atoms with E-state index in [1.807, 2.05) is 13.8 Å². The number of amides is 2. The number of ether oxygens (including phenoxy) is 1. The normalized spacial score (nSPS) is 19.6. The summed E-state index contributed by atoms with van der Waals surface area (Å²) in [6.07, 6.45) is 4.66. The molecule has 1 aromatic heterocycles. The Balaban J connectivity index is 2.13. The number of rotatable bonds is 4. The van der Waals surface area contributed by atoms with Crippen molar-refractivity contribution in [1.82, 2.24) is 20.2 Å². The van der Waals surface area contributed by atoms with Gasteiger partial charge in [0.15, 0.2) is 0 Å². The molecule has 1 saturated heterocycles. The van der Waals surface area contributed by atoms with Crippen molar-refractivity contribution in [2.24, 2.45) is 5.92 Å². The van der Waals surface area contributed by atoms with E-state index in [1.165, 1.54) is 7.11 Å². The van der Waals surface area contributed by atoms with Crippen LogP contribution in [0.2, 0.25) is 0 Å². The summed E-state index contributed by atoms with van der Waals surface area (Å²) >= 11 is 0. The number of nitrogens with one attached hydrogen (secondary N) is 2. The lowest BCUT2D eigenvalue weighted by Gasteiger charge is -2.29. The van der Waals surface area contributed by atoms with Crippen LogP contribution in [0.4, 0.5) is 4.79 Å². The molecular formula is C14H22N4O3. The molecule has 1 aromatic rings. The maximum atomic E-state index is 12.8. The summed E-state index contributed by atoms with van der Waals surface area (Å²) in [5.41, 5.74) is 0. The molecule has 116 valence electrons. The Kier molecular flexibility index (Phi) is 4.82. The third-order valence-corrected chi connectivity index (χ3v) is 3.76. The first kappa shape index (κ1) is 15.3. The van der Waals surface area contributed by atoms with Crippen LogP contribution in [0.25, 0.3) is 0 Å². The second-order valence-corrected chi connectivity index (χ2v) is 5.52. The number of imidazole rings is 1. The largest absolute Gasteiger partial charge is 0.453 e. The zero-order valence-corrected chi connectivity index (χ0v) is 12.6. The van der Waals surface area contributed by atoms with Gasteiger partial charge in [0, 0.05) is 18.9 Å². The fraction of sp³-hybridized carbons (Fsp3) is 0.643. The number of hydrogen-bond acceptors (Lipinski definition) is 4. The van der Waals surface area contributed by atoms with Crippen LogP contribution in [0.1, 0.15) is 38.6 Å². The molecule has 2 N–H and O–H groups in total. The molecule has 1 aliphatic heterocycles. The molecule has 7 nitrogen and oxygen atoms in total. The monoisotopic (exact) mass is 294 g/mol. The topological polar surface area (TPSA) is 87.3 Å². The number of carbonyl (C=O) groups is 2. The van der Waals surface area contributed by atoms with E-state index in [4.69, 9.17) is 0 Å². The Labute approximate surface area is 124 Å². The molecule has 0 radical (unpaired) electrons. The minimum Gasteiger partial charge on any atom is -0.453 e. The average molecular weight is 294 g/mol. The van der Waals surface area contributed by atoms with Gasteiger partial charge in [-0.05, 0) is 18.8 Å². The summed E-state index contributed by atoms with van der Waals surface area (Å²) in [5, 5.41) is 2.63. The predicted octanol–water partition coefficient (Wildman–Crippen LogP) is 1.45. The maximum absolute atomic E-state index is 12.8. The molecule has 0 saturated carbocycles. The van der Waals surface area contributed by atoms with Crippen LogP contribution >= 0.6 is 0 Å². The molecule has 0 bridgehead atoms. The standard InChI is InChI=1S/C14H22N4O3/c1-9(2)11(17-14(20)21-3)13(19)18-8-4-5-10(18)12-15-6-7-16-12/h6-7,9-11H,4-5,8H2,1-3H3,(H,15,16)(H,17,20)/t10?,11-/m0/s1. The van der Waals surface area contributed by atoms with E-state index >= 15 is 0 Å². The van der Waals surface area contributed by atoms with Crippen molar-refractivity contribution in [3.8, 4) is 0 Å². The first-order chi connectivity index (χ1) is 10.0. The number of H-pyrrole nitrogens is 1. The zero-order chi connectivity index (χ0) is 15.4. The second kappa shape index (κ2) is 6.60. The molecule has 0 aliphatic carbocycles. The third-order valence-electron chi connectivity index (χ3n) is 3.76. The number of aromatic nitrogens is 2. The number of carbonyl (C=O) groups excluding carboxylic acids is 2. The zero-order valence-electron chi connectivity index (χ0n) is 12.6. The van der Waals surface area contributed by atoms with Crippen molar-refractivity contribution in [1.29, 1.82) is 0 Å². The van der Waals surface area contributed by atoms with E-state index in [1.54, 1.807) is 17.3 Å². The van der Waals surface area contributed by atoms with Gasteiger partial charge in [-0.1, -0.05) is 13.8 Å². The van der Waals surface area contributed by atoms with Gasteiger partial charge in [-0.2, -0.15) is 0 Å². The second-order valence-electron chi connectivity index (χ2n) is 5.52. The summed E-state index contributed by atoms with van der Waals surface area (Å²) in [6.45, 7) is 4.48. The van der Waals surface area contributed by atoms with Gasteiger partial charge in [0.25, 0.3) is 0 Å². The number of alkyl carbamates (subject to hydrolysis) is 1. The summed E-state index contributed by atoms with van der Waals surface area (Å²) in [5.74, 6) is 0.685. The van der Waals surface area contributed by atoms with Crippen molar-refractivity contribution < 1.29 is 14.3 Å². The molecule has 1 aliphatic rings. The molecule has 1 fully saturated rings. The summed E-state index contributed by atoms with van der Waals surface area (Å²) in [6, 6.07) is -0.638. The summed E-state index contributed by atoms with van der Waals surface area (Å²) in [7, 11) is 1.29. The van der Waals surface area contributed by atoms with Crippen molar-refractivity contribution in [2.75, 3.05) is 13.7 Å². The highest BCUT2D eigenvalue weighted by molar-refractivity contribution is 5.86. The highest BCUT2D eigenvalue weighted by atomic mass is 16.5. The Hall–Kier alpha value is -2.05. The van der Waals surface area contributed by atoms with Crippen LogP contribution in [0, 0.1) is 5.92 Å². The molecule has 2 atom stereocenters. The quantitative estimate of drug-likeness (QED) is 0.880. The van der Waals surface area contributed by atoms with Gasteiger partial charge in [0.05, 0.1) is 13.2 Å². The summed E-state index contributed by atoms with van der Waals surface area (Å²) < 4.78 is 4.60. The van der Waals surface area contributed by atoms with Crippen molar-refractivity contribution in [3.05, 3.63) is 18.2 Å². The Morgan fingerprint density at radius 1 is 1.52 bits per heavy atom. The number of methoxy groups -OCH3 is 1. The van der Waals surface area contributed by atoms with E-state index in [9.17, 15) is 9.59 Å². The fourth-order valence-corrected chi connectivity index (χ4v) is 2.65. The third kappa shape index (κ3) is 3.34. The number of likely N-dealkylation sites (tertiary alicyclic amines) is 1. The average Bonchev–Trinajstić information content (AvgIpc) is 3.12. The molecule has 1 unspecified atom stereocenters. The highest BCUT2D eigenvalue weighted by Crippen LogP contribution is 2.30. The lowest BCUT2D eigenvalue weighted by Crippen LogP contribution is -2.51. The van der Waals surface area contributed by atoms with Crippen LogP contribution in [0.3, 0.4) is 0 Å². The van der Waals surface area contributed by atoms with Gasteiger partial charge < -0.3 is 19.9 Å². The van der Waals surface area contributed by atoms with Crippen LogP contribution in [-0.2, 0) is 9.53 Å². The van der Waals surface area contributed by atoms with E-state index in [0.717, 1.165) is 18.7 Å². The highest BCUT2D eigenvalue weighted by Gasteiger charge is 2.37. The van der Waals surface area contributed by atoms with Gasteiger partial charge in [0.1, 0.15) is 11.9 Å². The van der Waals surface area contributed by atoms with Gasteiger partial charge in [0.2, 0.25) is 5.91 Å². The minimum absolute atomic E-state index is 0.0190. The predicted molar refractivity (Wildman–Crippen MR) is 76.4 cm³/mol. The Morgan fingerprint density at radius 3 is 2.86 bits per heavy atom. The first-order valence-electron chi connectivity index (χ1n) is 7.18. The molecule has 0 aromatic carbocycles. The molecule has 0 spiro atoms. The van der Waals surface area contributed by atoms with Crippen molar-refractivity contribution in [3.63, 3.8) is 0 Å². The summed E-state index contributed by atoms with van der Waals surface area (Å²) in [4.78, 5) is 33.3. The maximum Gasteiger partial charge on any atom is 0.407 e. The number of aromatic amines is 1. The van der Waals surface area contributed by atoms with Crippen LogP contribution < -0.4 is 5.32 Å². The van der Waals surface area contributed by atoms with Crippen LogP contribution in [-0.4, -0.2) is 46.6 Å². The molecule has 2 amide bonds. The molecule has 2 heterocycles. The SMILES string of the molecule is COC(=O)N[C@H](C(=O)N1CCCC1c1ncc[nH]1)C(C)C. The minimum atomic E-state index is -0.590. The van der Waals surface area contributed by atoms with E-state index in [2.05, 4.69) is 20.0 Å². The molecule has 21 heavy (non-hydrogen) atoms. The Morgan fingerprint density at radius 2 is 2.29 bits per heavy atom. The van der Waals surface area contributed by atoms with Gasteiger partial charge in [-0.25, -0.2) is 9.78 Å². The van der Waals surface area contributed by atoms with E-state index < -0.39 is 12.1 Å². The Bertz CT molecular complexity index is 486. The van der Waals surface area contributed by atoms with Crippen LogP contribution in [0.15, 0.2) is 12.4 Å². The number of hydrogen-bond donors (Lipinski definition) is 2. The van der Waals surface area contributed by atoms with Gasteiger partial charge in [-0.3, -0.25) is 4.79 Å². The first-order valence-corrected chi connectivity index (χ1v) is 7.18. The lowest BCUT2D eigenvalue weighted by molar-refractivity contribution is -0.135. The molecular weight excluding hydrogens is 272 g/mol. The molecule has 7 heteroatoms. The van der Waals surface area contributed by atoms with E-state index in [0.29, 0.717) is 6.54 Å². The van der Waals surface area contributed by atoms with Crippen LogP contribution in [0.5, 0.6) is 0 Å². The fourth-order valence-electron chi connectivity index (χ4n) is 2.65. The number of nitrogens with zero attached hydrogens (tertiary/aromatic N) is 2. The van der Waals surface area contributed by atoms with Gasteiger partial charge in [-0.15, -0.1) is 0 Å². The van der Waals surface area contributed by atoms with E-state index in [-0.39, 0.29) is 17.9 Å². The van der Waals surface area contributed by atoms with Crippen molar-refractivity contribution >= 4 is 12.0 Å². The smallest absolute Gasteiger partial charge is 0.407 e. The van der Waals surface area contributed by atoms with Gasteiger partial charge >= 0.3 is 6.09 Å². The molecule has 2 rings (SSSR count).